The molecule has 0 saturated carbocycles. The van der Waals surface area contributed by atoms with E-state index in [1.165, 1.54) is 0 Å². The molecule has 1 aromatic carbocycles. The Morgan fingerprint density at radius 2 is 1.83 bits per heavy atom. The summed E-state index contributed by atoms with van der Waals surface area (Å²) in [6.07, 6.45) is 0.216. The molecule has 0 saturated heterocycles. The van der Waals surface area contributed by atoms with Gasteiger partial charge in [0.2, 0.25) is 0 Å². The van der Waals surface area contributed by atoms with E-state index in [1.54, 1.807) is 0 Å². The lowest BCUT2D eigenvalue weighted by Crippen LogP contribution is -2.08. The molecular weight excluding hydrogens is 152 g/mol. The molecule has 0 aliphatic carbocycles. The summed E-state index contributed by atoms with van der Waals surface area (Å²) in [5.41, 5.74) is 0. The lowest BCUT2D eigenvalue weighted by Gasteiger charge is -2.08. The molecule has 0 atom stereocenters. The number of ether oxygens (including phenoxy) is 2. The second-order valence-electron chi connectivity index (χ2n) is 2.79. The zero-order valence-corrected chi connectivity index (χ0v) is 7.49. The van der Waals surface area contributed by atoms with Crippen LogP contribution in [0.5, 0.6) is 5.75 Å². The standard InChI is InChI=1S/C10H14O2/c1-9(2)11-8-12-10-6-4-3-5-7-10/h3-7,9H,8H2,1-2H3. The summed E-state index contributed by atoms with van der Waals surface area (Å²) in [5.74, 6) is 0.846. The average Bonchev–Trinajstić information content (AvgIpc) is 2.05. The molecule has 0 heterocycles. The highest BCUT2D eigenvalue weighted by Crippen LogP contribution is 2.08. The Bertz CT molecular complexity index is 206. The Hall–Kier alpha value is -1.02. The van der Waals surface area contributed by atoms with Crippen molar-refractivity contribution >= 4 is 0 Å². The Kier molecular flexibility index (Phi) is 3.61. The van der Waals surface area contributed by atoms with Gasteiger partial charge in [-0.05, 0) is 26.0 Å². The molecular formula is C10H14O2. The summed E-state index contributed by atoms with van der Waals surface area (Å²) in [5, 5.41) is 0. The third-order valence-corrected chi connectivity index (χ3v) is 1.37. The summed E-state index contributed by atoms with van der Waals surface area (Å²) in [6, 6.07) is 9.64. The van der Waals surface area contributed by atoms with Crippen LogP contribution in [-0.2, 0) is 4.74 Å². The normalized spacial score (nSPS) is 10.2. The van der Waals surface area contributed by atoms with E-state index in [2.05, 4.69) is 0 Å². The number of para-hydroxylation sites is 1. The predicted octanol–water partition coefficient (Wildman–Crippen LogP) is 2.45. The molecule has 2 heteroatoms. The van der Waals surface area contributed by atoms with Crippen LogP contribution in [0.3, 0.4) is 0 Å². The summed E-state index contributed by atoms with van der Waals surface area (Å²) < 4.78 is 10.5. The Morgan fingerprint density at radius 1 is 1.17 bits per heavy atom. The van der Waals surface area contributed by atoms with Gasteiger partial charge in [0.05, 0.1) is 6.10 Å². The van der Waals surface area contributed by atoms with Crippen LogP contribution in [-0.4, -0.2) is 12.9 Å². The van der Waals surface area contributed by atoms with Crippen LogP contribution in [0.4, 0.5) is 0 Å². The van der Waals surface area contributed by atoms with Gasteiger partial charge in [-0.25, -0.2) is 0 Å². The monoisotopic (exact) mass is 166 g/mol. The largest absolute Gasteiger partial charge is 0.468 e. The number of hydrogen-bond acceptors (Lipinski definition) is 2. The van der Waals surface area contributed by atoms with Crippen LogP contribution >= 0.6 is 0 Å². The summed E-state index contributed by atoms with van der Waals surface area (Å²) >= 11 is 0. The van der Waals surface area contributed by atoms with Gasteiger partial charge in [0.15, 0.2) is 6.79 Å². The SMILES string of the molecule is CC(C)OCOc1ccccc1. The summed E-state index contributed by atoms with van der Waals surface area (Å²) in [7, 11) is 0. The highest BCUT2D eigenvalue weighted by molar-refractivity contribution is 5.20. The molecule has 12 heavy (non-hydrogen) atoms. The van der Waals surface area contributed by atoms with Crippen LogP contribution < -0.4 is 4.74 Å². The number of hydrogen-bond donors (Lipinski definition) is 0. The summed E-state index contributed by atoms with van der Waals surface area (Å²) in [6.45, 7) is 4.28. The van der Waals surface area contributed by atoms with Gasteiger partial charge in [-0.1, -0.05) is 18.2 Å². The first-order valence-corrected chi connectivity index (χ1v) is 4.08. The molecule has 0 aliphatic rings. The van der Waals surface area contributed by atoms with Crippen molar-refractivity contribution in [3.63, 3.8) is 0 Å². The van der Waals surface area contributed by atoms with E-state index in [0.29, 0.717) is 6.79 Å². The summed E-state index contributed by atoms with van der Waals surface area (Å²) in [4.78, 5) is 0. The molecule has 0 radical (unpaired) electrons. The Morgan fingerprint density at radius 3 is 2.42 bits per heavy atom. The molecule has 0 bridgehead atoms. The van der Waals surface area contributed by atoms with Crippen LogP contribution in [0.2, 0.25) is 0 Å². The molecule has 1 aromatic rings. The Balaban J connectivity index is 2.25. The molecule has 0 spiro atoms. The van der Waals surface area contributed by atoms with Gasteiger partial charge in [0.1, 0.15) is 5.75 Å². The maximum atomic E-state index is 5.29. The molecule has 2 nitrogen and oxygen atoms in total. The van der Waals surface area contributed by atoms with Crippen molar-refractivity contribution in [2.75, 3.05) is 6.79 Å². The lowest BCUT2D eigenvalue weighted by molar-refractivity contribution is -0.0199. The van der Waals surface area contributed by atoms with Crippen molar-refractivity contribution in [2.24, 2.45) is 0 Å². The third-order valence-electron chi connectivity index (χ3n) is 1.37. The molecule has 0 N–H and O–H groups in total. The van der Waals surface area contributed by atoms with Gasteiger partial charge >= 0.3 is 0 Å². The second kappa shape index (κ2) is 4.78. The topological polar surface area (TPSA) is 18.5 Å². The zero-order valence-electron chi connectivity index (χ0n) is 7.49. The number of rotatable bonds is 4. The van der Waals surface area contributed by atoms with Crippen molar-refractivity contribution in [3.05, 3.63) is 30.3 Å². The maximum Gasteiger partial charge on any atom is 0.189 e. The van der Waals surface area contributed by atoms with Crippen LogP contribution in [0, 0.1) is 0 Å². The van der Waals surface area contributed by atoms with Gasteiger partial charge in [-0.3, -0.25) is 0 Å². The van der Waals surface area contributed by atoms with Crippen molar-refractivity contribution in [2.45, 2.75) is 20.0 Å². The fraction of sp³-hybridized carbons (Fsp3) is 0.400. The molecule has 0 fully saturated rings. The highest BCUT2D eigenvalue weighted by atomic mass is 16.7. The smallest absolute Gasteiger partial charge is 0.189 e. The van der Waals surface area contributed by atoms with Gasteiger partial charge in [-0.2, -0.15) is 0 Å². The quantitative estimate of drug-likeness (QED) is 0.639. The molecule has 0 unspecified atom stereocenters. The molecule has 0 aliphatic heterocycles. The van der Waals surface area contributed by atoms with E-state index in [4.69, 9.17) is 9.47 Å². The van der Waals surface area contributed by atoms with Crippen molar-refractivity contribution in [1.82, 2.24) is 0 Å². The van der Waals surface area contributed by atoms with Gasteiger partial charge in [0, 0.05) is 0 Å². The first-order chi connectivity index (χ1) is 5.79. The lowest BCUT2D eigenvalue weighted by atomic mass is 10.3. The average molecular weight is 166 g/mol. The van der Waals surface area contributed by atoms with E-state index >= 15 is 0 Å². The Labute approximate surface area is 73.1 Å². The minimum atomic E-state index is 0.216. The zero-order chi connectivity index (χ0) is 8.81. The van der Waals surface area contributed by atoms with Crippen molar-refractivity contribution in [3.8, 4) is 5.75 Å². The molecule has 66 valence electrons. The first-order valence-electron chi connectivity index (χ1n) is 4.08. The third kappa shape index (κ3) is 3.39. The fourth-order valence-corrected chi connectivity index (χ4v) is 0.755. The van der Waals surface area contributed by atoms with Gasteiger partial charge in [-0.15, -0.1) is 0 Å². The first kappa shape index (κ1) is 9.07. The van der Waals surface area contributed by atoms with Crippen LogP contribution in [0.15, 0.2) is 30.3 Å². The highest BCUT2D eigenvalue weighted by Gasteiger charge is 1.93. The van der Waals surface area contributed by atoms with Crippen LogP contribution in [0.1, 0.15) is 13.8 Å². The van der Waals surface area contributed by atoms with Crippen molar-refractivity contribution < 1.29 is 9.47 Å². The van der Waals surface area contributed by atoms with E-state index in [-0.39, 0.29) is 6.10 Å². The van der Waals surface area contributed by atoms with E-state index < -0.39 is 0 Å². The van der Waals surface area contributed by atoms with E-state index in [1.807, 2.05) is 44.2 Å². The molecule has 0 amide bonds. The second-order valence-corrected chi connectivity index (χ2v) is 2.79. The fourth-order valence-electron chi connectivity index (χ4n) is 0.755. The van der Waals surface area contributed by atoms with E-state index in [9.17, 15) is 0 Å². The predicted molar refractivity (Wildman–Crippen MR) is 48.2 cm³/mol. The minimum Gasteiger partial charge on any atom is -0.468 e. The van der Waals surface area contributed by atoms with Gasteiger partial charge in [0.25, 0.3) is 0 Å². The maximum absolute atomic E-state index is 5.29. The molecule has 0 aromatic heterocycles. The molecule has 1 rings (SSSR count). The van der Waals surface area contributed by atoms with Crippen LogP contribution in [0.25, 0.3) is 0 Å². The van der Waals surface area contributed by atoms with Gasteiger partial charge < -0.3 is 9.47 Å². The minimum absolute atomic E-state index is 0.216. The number of benzene rings is 1. The van der Waals surface area contributed by atoms with E-state index in [0.717, 1.165) is 5.75 Å². The van der Waals surface area contributed by atoms with Crippen molar-refractivity contribution in [1.29, 1.82) is 0 Å².